The highest BCUT2D eigenvalue weighted by Gasteiger charge is 2.17. The predicted molar refractivity (Wildman–Crippen MR) is 103 cm³/mol. The van der Waals surface area contributed by atoms with Crippen LogP contribution in [0.2, 0.25) is 0 Å². The Morgan fingerprint density at radius 2 is 2.03 bits per heavy atom. The SMILES string of the molecule is NCC(Cn1[nH+]c2cc(C#Cc3ccc4c(c3)NCCO4)ccn2c1=O)=C(F)F. The van der Waals surface area contributed by atoms with E-state index < -0.39 is 11.8 Å². The molecule has 1 aromatic carbocycles. The van der Waals surface area contributed by atoms with E-state index in [1.807, 2.05) is 18.2 Å². The lowest BCUT2D eigenvalue weighted by Crippen LogP contribution is -2.31. The third-order valence-electron chi connectivity index (χ3n) is 4.51. The van der Waals surface area contributed by atoms with Gasteiger partial charge in [0.1, 0.15) is 18.6 Å². The number of benzene rings is 1. The number of nitrogens with one attached hydrogen (secondary N) is 2. The molecule has 1 aliphatic heterocycles. The molecule has 0 fully saturated rings. The van der Waals surface area contributed by atoms with E-state index in [0.717, 1.165) is 28.2 Å². The van der Waals surface area contributed by atoms with Gasteiger partial charge in [-0.2, -0.15) is 13.9 Å². The summed E-state index contributed by atoms with van der Waals surface area (Å²) in [6.07, 6.45) is -0.325. The normalized spacial score (nSPS) is 12.4. The summed E-state index contributed by atoms with van der Waals surface area (Å²) in [6, 6.07) is 9.03. The lowest BCUT2D eigenvalue weighted by atomic mass is 10.1. The van der Waals surface area contributed by atoms with Crippen molar-refractivity contribution in [3.8, 4) is 17.6 Å². The average molecular weight is 398 g/mol. The molecule has 0 amide bonds. The van der Waals surface area contributed by atoms with E-state index in [-0.39, 0.29) is 18.7 Å². The highest BCUT2D eigenvalue weighted by atomic mass is 19.3. The van der Waals surface area contributed by atoms with Gasteiger partial charge in [-0.3, -0.25) is 0 Å². The first kappa shape index (κ1) is 18.7. The summed E-state index contributed by atoms with van der Waals surface area (Å²) >= 11 is 0. The quantitative estimate of drug-likeness (QED) is 0.650. The second-order valence-electron chi connectivity index (χ2n) is 6.46. The van der Waals surface area contributed by atoms with Crippen LogP contribution >= 0.6 is 0 Å². The summed E-state index contributed by atoms with van der Waals surface area (Å²) in [5, 5.41) is 6.07. The van der Waals surface area contributed by atoms with Gasteiger partial charge < -0.3 is 15.8 Å². The molecule has 2 aromatic heterocycles. The number of anilines is 1. The Morgan fingerprint density at radius 3 is 2.79 bits per heavy atom. The zero-order valence-electron chi connectivity index (χ0n) is 15.3. The lowest BCUT2D eigenvalue weighted by Gasteiger charge is -2.18. The summed E-state index contributed by atoms with van der Waals surface area (Å²) in [5.74, 6) is 6.92. The van der Waals surface area contributed by atoms with Crippen LogP contribution in [0.5, 0.6) is 5.75 Å². The number of ether oxygens (including phenoxy) is 1. The van der Waals surface area contributed by atoms with Crippen LogP contribution in [0.4, 0.5) is 14.5 Å². The highest BCUT2D eigenvalue weighted by Crippen LogP contribution is 2.27. The Hall–Kier alpha value is -3.64. The van der Waals surface area contributed by atoms with E-state index in [1.165, 1.54) is 4.40 Å². The van der Waals surface area contributed by atoms with Crippen LogP contribution < -0.4 is 26.6 Å². The smallest absolute Gasteiger partial charge is 0.451 e. The number of fused-ring (bicyclic) bond motifs is 2. The minimum Gasteiger partial charge on any atom is -0.490 e. The van der Waals surface area contributed by atoms with E-state index >= 15 is 0 Å². The molecule has 148 valence electrons. The molecule has 0 bridgehead atoms. The fraction of sp³-hybridized carbons (Fsp3) is 0.200. The summed E-state index contributed by atoms with van der Waals surface area (Å²) in [7, 11) is 0. The lowest BCUT2D eigenvalue weighted by molar-refractivity contribution is -0.464. The molecule has 4 rings (SSSR count). The van der Waals surface area contributed by atoms with Gasteiger partial charge in [0.05, 0.1) is 12.2 Å². The minimum atomic E-state index is -1.88. The topological polar surface area (TPSA) is 87.8 Å². The number of pyridine rings is 1. The molecule has 0 saturated carbocycles. The van der Waals surface area contributed by atoms with Crippen LogP contribution in [0.25, 0.3) is 5.65 Å². The first-order chi connectivity index (χ1) is 14.0. The number of halogens is 2. The van der Waals surface area contributed by atoms with Gasteiger partial charge in [0.25, 0.3) is 6.08 Å². The zero-order valence-corrected chi connectivity index (χ0v) is 15.3. The third kappa shape index (κ3) is 3.83. The molecule has 3 aromatic rings. The van der Waals surface area contributed by atoms with Crippen molar-refractivity contribution in [1.82, 2.24) is 9.08 Å². The number of aromatic nitrogens is 3. The fourth-order valence-corrected chi connectivity index (χ4v) is 3.01. The highest BCUT2D eigenvalue weighted by molar-refractivity contribution is 5.62. The number of nitrogens with two attached hydrogens (primary N) is 1. The van der Waals surface area contributed by atoms with Gasteiger partial charge in [-0.05, 0) is 24.3 Å². The van der Waals surface area contributed by atoms with Gasteiger partial charge >= 0.3 is 11.3 Å². The molecule has 7 nitrogen and oxygen atoms in total. The summed E-state index contributed by atoms with van der Waals surface area (Å²) in [6.45, 7) is 0.750. The van der Waals surface area contributed by atoms with Gasteiger partial charge in [-0.1, -0.05) is 11.8 Å². The molecular weight excluding hydrogens is 380 g/mol. The molecule has 3 heterocycles. The van der Waals surface area contributed by atoms with Crippen LogP contribution in [0, 0.1) is 11.8 Å². The first-order valence-electron chi connectivity index (χ1n) is 8.95. The van der Waals surface area contributed by atoms with E-state index in [0.29, 0.717) is 17.8 Å². The Bertz CT molecular complexity index is 1230. The van der Waals surface area contributed by atoms with Gasteiger partial charge in [0.2, 0.25) is 0 Å². The third-order valence-corrected chi connectivity index (χ3v) is 4.51. The molecule has 0 saturated heterocycles. The Morgan fingerprint density at radius 1 is 1.24 bits per heavy atom. The Labute approximate surface area is 164 Å². The van der Waals surface area contributed by atoms with Crippen molar-refractivity contribution < 1.29 is 18.6 Å². The van der Waals surface area contributed by atoms with Gasteiger partial charge in [-0.15, -0.1) is 9.08 Å². The van der Waals surface area contributed by atoms with Crippen LogP contribution in [-0.2, 0) is 6.54 Å². The van der Waals surface area contributed by atoms with E-state index in [9.17, 15) is 13.6 Å². The molecule has 29 heavy (non-hydrogen) atoms. The molecule has 1 aliphatic rings. The molecule has 4 N–H and O–H groups in total. The molecule has 0 unspecified atom stereocenters. The maximum Gasteiger partial charge on any atom is 0.451 e. The standard InChI is InChI=1S/C20H17F2N5O2/c21-19(22)15(11-23)12-27-20(28)26-7-5-14(10-18(26)25-27)2-1-13-3-4-17-16(9-13)24-6-8-29-17/h3-5,7,9-10,24H,6,8,11-12,23H2/p+1. The maximum absolute atomic E-state index is 12.8. The van der Waals surface area contributed by atoms with Crippen molar-refractivity contribution in [2.75, 3.05) is 25.0 Å². The summed E-state index contributed by atoms with van der Waals surface area (Å²) < 4.78 is 33.6. The van der Waals surface area contributed by atoms with Crippen LogP contribution in [0.15, 0.2) is 53.0 Å². The van der Waals surface area contributed by atoms with Crippen molar-refractivity contribution in [3.05, 3.63) is 69.8 Å². The van der Waals surface area contributed by atoms with E-state index in [4.69, 9.17) is 10.5 Å². The van der Waals surface area contributed by atoms with Crippen LogP contribution in [0.1, 0.15) is 11.1 Å². The van der Waals surface area contributed by atoms with Gasteiger partial charge in [0, 0.05) is 35.9 Å². The van der Waals surface area contributed by atoms with Gasteiger partial charge in [0.15, 0.2) is 0 Å². The predicted octanol–water partition coefficient (Wildman–Crippen LogP) is 1.23. The maximum atomic E-state index is 12.8. The van der Waals surface area contributed by atoms with E-state index in [1.54, 1.807) is 18.3 Å². The summed E-state index contributed by atoms with van der Waals surface area (Å²) in [5.41, 5.74) is 7.39. The molecule has 0 atom stereocenters. The second-order valence-corrected chi connectivity index (χ2v) is 6.46. The van der Waals surface area contributed by atoms with Crippen molar-refractivity contribution in [3.63, 3.8) is 0 Å². The van der Waals surface area contributed by atoms with Crippen molar-refractivity contribution in [2.24, 2.45) is 5.73 Å². The fourth-order valence-electron chi connectivity index (χ4n) is 3.01. The van der Waals surface area contributed by atoms with Crippen molar-refractivity contribution in [2.45, 2.75) is 6.54 Å². The van der Waals surface area contributed by atoms with Crippen molar-refractivity contribution >= 4 is 11.3 Å². The summed E-state index contributed by atoms with van der Waals surface area (Å²) in [4.78, 5) is 12.4. The Balaban J connectivity index is 1.63. The zero-order chi connectivity index (χ0) is 20.4. The largest absolute Gasteiger partial charge is 0.490 e. The molecule has 0 radical (unpaired) electrons. The van der Waals surface area contributed by atoms with E-state index in [2.05, 4.69) is 22.3 Å². The number of aromatic amines is 1. The number of rotatable bonds is 3. The molecular formula is C20H18F2N5O2+. The number of nitrogens with zero attached hydrogens (tertiary/aromatic N) is 2. The minimum absolute atomic E-state index is 0.301. The van der Waals surface area contributed by atoms with Crippen molar-refractivity contribution in [1.29, 1.82) is 0 Å². The molecule has 9 heteroatoms. The second kappa shape index (κ2) is 7.77. The number of hydrogen-bond acceptors (Lipinski definition) is 4. The average Bonchev–Trinajstić information content (AvgIpc) is 3.04. The Kier molecular flexibility index (Phi) is 5.01. The van der Waals surface area contributed by atoms with Crippen LogP contribution in [0.3, 0.4) is 0 Å². The van der Waals surface area contributed by atoms with Gasteiger partial charge in [-0.25, -0.2) is 4.79 Å². The molecule has 0 aliphatic carbocycles. The monoisotopic (exact) mass is 398 g/mol. The first-order valence-corrected chi connectivity index (χ1v) is 8.95. The van der Waals surface area contributed by atoms with Crippen LogP contribution in [-0.4, -0.2) is 28.8 Å². The molecule has 0 spiro atoms. The number of H-pyrrole nitrogens is 1. The number of hydrogen-bond donors (Lipinski definition) is 2.